The molecule has 3 N–H and O–H groups in total. The number of nitrogens with zero attached hydrogens (tertiary/aromatic N) is 1. The van der Waals surface area contributed by atoms with Crippen LogP contribution in [-0.4, -0.2) is 17.1 Å². The summed E-state index contributed by atoms with van der Waals surface area (Å²) in [5.74, 6) is 0.673. The predicted molar refractivity (Wildman–Crippen MR) is 71.7 cm³/mol. The van der Waals surface area contributed by atoms with Crippen LogP contribution in [0, 0.1) is 0 Å². The highest BCUT2D eigenvalue weighted by molar-refractivity contribution is 9.10. The van der Waals surface area contributed by atoms with Gasteiger partial charge in [0.05, 0.1) is 11.7 Å². The number of oxime groups is 1. The quantitative estimate of drug-likeness (QED) is 0.380. The van der Waals surface area contributed by atoms with Crippen LogP contribution in [-0.2, 0) is 0 Å². The molecular formula is C12H17BrN2O2. The number of rotatable bonds is 5. The van der Waals surface area contributed by atoms with E-state index in [2.05, 4.69) is 28.0 Å². The molecule has 0 fully saturated rings. The van der Waals surface area contributed by atoms with Crippen molar-refractivity contribution in [3.63, 3.8) is 0 Å². The third-order valence-electron chi connectivity index (χ3n) is 2.35. The Bertz CT molecular complexity index is 407. The molecule has 1 aromatic carbocycles. The second kappa shape index (κ2) is 6.49. The molecule has 17 heavy (non-hydrogen) atoms. The fraction of sp³-hybridized carbons (Fsp3) is 0.417. The molecule has 1 unspecified atom stereocenters. The van der Waals surface area contributed by atoms with Crippen molar-refractivity contribution in [3.8, 4) is 5.75 Å². The number of amidine groups is 1. The largest absolute Gasteiger partial charge is 0.490 e. The lowest BCUT2D eigenvalue weighted by molar-refractivity contribution is 0.209. The predicted octanol–water partition coefficient (Wildman–Crippen LogP) is 3.11. The van der Waals surface area contributed by atoms with Crippen LogP contribution in [0.3, 0.4) is 0 Å². The van der Waals surface area contributed by atoms with E-state index in [1.807, 2.05) is 19.1 Å². The number of hydrogen-bond acceptors (Lipinski definition) is 3. The van der Waals surface area contributed by atoms with Crippen molar-refractivity contribution in [2.24, 2.45) is 10.9 Å². The van der Waals surface area contributed by atoms with Crippen LogP contribution < -0.4 is 10.5 Å². The van der Waals surface area contributed by atoms with Gasteiger partial charge in [-0.1, -0.05) is 34.4 Å². The average Bonchev–Trinajstić information content (AvgIpc) is 2.28. The number of ether oxygens (including phenoxy) is 1. The van der Waals surface area contributed by atoms with Crippen molar-refractivity contribution >= 4 is 21.8 Å². The molecule has 0 heterocycles. The zero-order chi connectivity index (χ0) is 12.8. The molecule has 0 saturated heterocycles. The third-order valence-corrected chi connectivity index (χ3v) is 2.84. The van der Waals surface area contributed by atoms with Crippen LogP contribution in [0.4, 0.5) is 0 Å². The van der Waals surface area contributed by atoms with Crippen LogP contribution in [0.2, 0.25) is 0 Å². The van der Waals surface area contributed by atoms with Gasteiger partial charge in [-0.25, -0.2) is 0 Å². The molecule has 5 heteroatoms. The van der Waals surface area contributed by atoms with Crippen molar-refractivity contribution in [2.45, 2.75) is 32.8 Å². The minimum absolute atomic E-state index is 0.0520. The van der Waals surface area contributed by atoms with E-state index in [0.717, 1.165) is 17.3 Å². The van der Waals surface area contributed by atoms with E-state index in [9.17, 15) is 0 Å². The summed E-state index contributed by atoms with van der Waals surface area (Å²) in [5.41, 5.74) is 6.20. The Morgan fingerprint density at radius 1 is 1.59 bits per heavy atom. The average molecular weight is 301 g/mol. The Balaban J connectivity index is 2.99. The van der Waals surface area contributed by atoms with Gasteiger partial charge in [0.1, 0.15) is 5.75 Å². The monoisotopic (exact) mass is 300 g/mol. The van der Waals surface area contributed by atoms with Crippen LogP contribution in [0.5, 0.6) is 5.75 Å². The van der Waals surface area contributed by atoms with E-state index in [1.54, 1.807) is 6.07 Å². The summed E-state index contributed by atoms with van der Waals surface area (Å²) in [6.07, 6.45) is 2.11. The van der Waals surface area contributed by atoms with E-state index in [1.165, 1.54) is 0 Å². The molecule has 94 valence electrons. The van der Waals surface area contributed by atoms with Gasteiger partial charge in [-0.3, -0.25) is 0 Å². The first-order chi connectivity index (χ1) is 8.08. The number of halogens is 1. The summed E-state index contributed by atoms with van der Waals surface area (Å²) < 4.78 is 6.68. The summed E-state index contributed by atoms with van der Waals surface area (Å²) in [4.78, 5) is 0. The highest BCUT2D eigenvalue weighted by Gasteiger charge is 2.11. The normalized spacial score (nSPS) is 13.5. The molecule has 0 radical (unpaired) electrons. The molecule has 0 aliphatic heterocycles. The van der Waals surface area contributed by atoms with Gasteiger partial charge in [0.15, 0.2) is 5.84 Å². The van der Waals surface area contributed by atoms with E-state index in [4.69, 9.17) is 15.7 Å². The zero-order valence-electron chi connectivity index (χ0n) is 9.98. The molecule has 0 aromatic heterocycles. The Morgan fingerprint density at radius 3 is 2.88 bits per heavy atom. The maximum absolute atomic E-state index is 8.72. The summed E-state index contributed by atoms with van der Waals surface area (Å²) in [7, 11) is 0. The minimum atomic E-state index is 0.0520. The first kappa shape index (κ1) is 13.8. The van der Waals surface area contributed by atoms with Gasteiger partial charge in [0.25, 0.3) is 0 Å². The second-order valence-corrected chi connectivity index (χ2v) is 4.76. The first-order valence-electron chi connectivity index (χ1n) is 5.52. The zero-order valence-corrected chi connectivity index (χ0v) is 11.6. The minimum Gasteiger partial charge on any atom is -0.490 e. The third kappa shape index (κ3) is 3.93. The Morgan fingerprint density at radius 2 is 2.29 bits per heavy atom. The van der Waals surface area contributed by atoms with Gasteiger partial charge in [-0.15, -0.1) is 0 Å². The van der Waals surface area contributed by atoms with Gasteiger partial charge >= 0.3 is 0 Å². The highest BCUT2D eigenvalue weighted by atomic mass is 79.9. The highest BCUT2D eigenvalue weighted by Crippen LogP contribution is 2.25. The summed E-state index contributed by atoms with van der Waals surface area (Å²) in [6.45, 7) is 4.10. The molecule has 0 amide bonds. The molecule has 1 atom stereocenters. The van der Waals surface area contributed by atoms with Crippen molar-refractivity contribution in [1.82, 2.24) is 0 Å². The number of hydrogen-bond donors (Lipinski definition) is 2. The molecule has 0 spiro atoms. The number of benzene rings is 1. The van der Waals surface area contributed by atoms with Crippen LogP contribution in [0.15, 0.2) is 27.8 Å². The SMILES string of the molecule is CCCC(C)Oc1cc(Br)ccc1/C(N)=N/O. The first-order valence-corrected chi connectivity index (χ1v) is 6.31. The molecule has 1 rings (SSSR count). The summed E-state index contributed by atoms with van der Waals surface area (Å²) in [6, 6.07) is 5.40. The molecule has 0 aliphatic rings. The van der Waals surface area contributed by atoms with Crippen molar-refractivity contribution < 1.29 is 9.94 Å². The summed E-state index contributed by atoms with van der Waals surface area (Å²) in [5, 5.41) is 11.7. The van der Waals surface area contributed by atoms with Crippen LogP contribution in [0.25, 0.3) is 0 Å². The number of nitrogens with two attached hydrogens (primary N) is 1. The Labute approximate surface area is 110 Å². The van der Waals surface area contributed by atoms with Crippen molar-refractivity contribution in [3.05, 3.63) is 28.2 Å². The van der Waals surface area contributed by atoms with Gasteiger partial charge in [0.2, 0.25) is 0 Å². The lowest BCUT2D eigenvalue weighted by Gasteiger charge is -2.16. The van der Waals surface area contributed by atoms with Crippen molar-refractivity contribution in [2.75, 3.05) is 0 Å². The van der Waals surface area contributed by atoms with Crippen LogP contribution in [0.1, 0.15) is 32.3 Å². The molecular weight excluding hydrogens is 284 g/mol. The molecule has 1 aromatic rings. The Hall–Kier alpha value is -1.23. The second-order valence-electron chi connectivity index (χ2n) is 3.84. The maximum atomic E-state index is 8.72. The van der Waals surface area contributed by atoms with Gasteiger partial charge in [0, 0.05) is 4.47 Å². The van der Waals surface area contributed by atoms with E-state index < -0.39 is 0 Å². The standard InChI is InChI=1S/C12H17BrN2O2/c1-3-4-8(2)17-11-7-9(13)5-6-10(11)12(14)15-16/h5-8,16H,3-4H2,1-2H3,(H2,14,15). The van der Waals surface area contributed by atoms with E-state index >= 15 is 0 Å². The van der Waals surface area contributed by atoms with Crippen LogP contribution >= 0.6 is 15.9 Å². The molecule has 0 bridgehead atoms. The van der Waals surface area contributed by atoms with Gasteiger partial charge in [-0.2, -0.15) is 0 Å². The van der Waals surface area contributed by atoms with E-state index in [0.29, 0.717) is 11.3 Å². The molecule has 0 saturated carbocycles. The van der Waals surface area contributed by atoms with Gasteiger partial charge in [-0.05, 0) is 31.5 Å². The smallest absolute Gasteiger partial charge is 0.173 e. The molecule has 4 nitrogen and oxygen atoms in total. The fourth-order valence-electron chi connectivity index (χ4n) is 1.54. The lowest BCUT2D eigenvalue weighted by Crippen LogP contribution is -2.18. The lowest BCUT2D eigenvalue weighted by atomic mass is 10.1. The topological polar surface area (TPSA) is 67.8 Å². The fourth-order valence-corrected chi connectivity index (χ4v) is 1.88. The van der Waals surface area contributed by atoms with Gasteiger partial charge < -0.3 is 15.7 Å². The summed E-state index contributed by atoms with van der Waals surface area (Å²) >= 11 is 3.37. The maximum Gasteiger partial charge on any atom is 0.173 e. The Kier molecular flexibility index (Phi) is 5.28. The molecule has 0 aliphatic carbocycles. The van der Waals surface area contributed by atoms with E-state index in [-0.39, 0.29) is 11.9 Å². The van der Waals surface area contributed by atoms with Crippen molar-refractivity contribution in [1.29, 1.82) is 0 Å².